The van der Waals surface area contributed by atoms with E-state index >= 15 is 0 Å². The Bertz CT molecular complexity index is 1770. The van der Waals surface area contributed by atoms with E-state index in [0.29, 0.717) is 11.1 Å². The maximum atomic E-state index is 13.2. The fraction of sp³-hybridized carbons (Fsp3) is 0.222. The zero-order valence-electron chi connectivity index (χ0n) is 26.5. The van der Waals surface area contributed by atoms with Gasteiger partial charge in [-0.25, -0.2) is 19.2 Å². The number of rotatable bonds is 12. The van der Waals surface area contributed by atoms with Crippen LogP contribution in [0.3, 0.4) is 0 Å². The first kappa shape index (κ1) is 39.3. The minimum absolute atomic E-state index is 0.155. The van der Waals surface area contributed by atoms with Crippen LogP contribution in [-0.4, -0.2) is 23.9 Å². The average Bonchev–Trinajstić information content (AvgIpc) is 3.09. The summed E-state index contributed by atoms with van der Waals surface area (Å²) in [7, 11) is 0. The highest BCUT2D eigenvalue weighted by Crippen LogP contribution is 2.42. The van der Waals surface area contributed by atoms with E-state index in [2.05, 4.69) is 13.8 Å². The third kappa shape index (κ3) is 9.84. The van der Waals surface area contributed by atoms with Gasteiger partial charge >= 0.3 is 23.9 Å². The van der Waals surface area contributed by atoms with Crippen LogP contribution in [0.15, 0.2) is 60.7 Å². The third-order valence-electron chi connectivity index (χ3n) is 7.08. The summed E-state index contributed by atoms with van der Waals surface area (Å²) in [6.07, 6.45) is 3.73. The van der Waals surface area contributed by atoms with Crippen LogP contribution in [-0.2, 0) is 45.1 Å². The van der Waals surface area contributed by atoms with Crippen molar-refractivity contribution in [2.75, 3.05) is 0 Å². The minimum Gasteiger partial charge on any atom is -0.457 e. The molecule has 14 heteroatoms. The quantitative estimate of drug-likeness (QED) is 0.0604. The van der Waals surface area contributed by atoms with E-state index in [4.69, 9.17) is 88.6 Å². The standard InChI is InChI=1S/C36H28Cl6O8/c1-3-5-19-7-11-21(12-8-19)17-47-33(43)27-29(41)23(37)15-25(39)31(27)49-35(45)36(46)50-32-26(40)16-24(38)30(42)28(32)34(44)48-18-22-13-9-20(6-4-2)10-14-22/h7-16H,3-6,17-18H2,1-2H3. The number of aryl methyl sites for hydroxylation is 2. The lowest BCUT2D eigenvalue weighted by Crippen LogP contribution is -2.27. The van der Waals surface area contributed by atoms with Gasteiger partial charge in [-0.2, -0.15) is 0 Å². The Balaban J connectivity index is 1.53. The van der Waals surface area contributed by atoms with E-state index in [1.54, 1.807) is 24.3 Å². The van der Waals surface area contributed by atoms with E-state index in [0.717, 1.165) is 48.9 Å². The van der Waals surface area contributed by atoms with Crippen LogP contribution in [0.4, 0.5) is 0 Å². The van der Waals surface area contributed by atoms with E-state index in [1.807, 2.05) is 24.3 Å². The highest BCUT2D eigenvalue weighted by molar-refractivity contribution is 6.47. The van der Waals surface area contributed by atoms with Crippen LogP contribution in [0, 0.1) is 0 Å². The molecule has 0 radical (unpaired) electrons. The van der Waals surface area contributed by atoms with Crippen molar-refractivity contribution in [3.8, 4) is 11.5 Å². The second kappa shape index (κ2) is 18.1. The van der Waals surface area contributed by atoms with Crippen molar-refractivity contribution in [3.05, 3.63) is 124 Å². The lowest BCUT2D eigenvalue weighted by Gasteiger charge is -2.16. The molecule has 0 heterocycles. The van der Waals surface area contributed by atoms with Crippen LogP contribution in [0.25, 0.3) is 0 Å². The predicted molar refractivity (Wildman–Crippen MR) is 193 cm³/mol. The molecule has 50 heavy (non-hydrogen) atoms. The lowest BCUT2D eigenvalue weighted by atomic mass is 10.1. The molecule has 262 valence electrons. The van der Waals surface area contributed by atoms with Gasteiger partial charge in [0.25, 0.3) is 0 Å². The number of ether oxygens (including phenoxy) is 4. The number of hydrogen-bond donors (Lipinski definition) is 0. The first-order chi connectivity index (χ1) is 23.8. The first-order valence-electron chi connectivity index (χ1n) is 15.1. The van der Waals surface area contributed by atoms with Gasteiger partial charge in [-0.1, -0.05) is 145 Å². The van der Waals surface area contributed by atoms with Gasteiger partial charge in [0.15, 0.2) is 11.5 Å². The number of carbonyl (C=O) groups is 4. The van der Waals surface area contributed by atoms with Gasteiger partial charge in [-0.05, 0) is 47.2 Å². The van der Waals surface area contributed by atoms with Gasteiger partial charge in [0.1, 0.15) is 24.3 Å². The molecule has 0 amide bonds. The predicted octanol–water partition coefficient (Wildman–Crippen LogP) is 10.7. The van der Waals surface area contributed by atoms with E-state index < -0.39 is 46.5 Å². The Morgan fingerprint density at radius 1 is 0.500 bits per heavy atom. The molecule has 0 saturated heterocycles. The highest BCUT2D eigenvalue weighted by atomic mass is 35.5. The molecule has 0 spiro atoms. The maximum absolute atomic E-state index is 13.2. The van der Waals surface area contributed by atoms with Crippen LogP contribution < -0.4 is 9.47 Å². The summed E-state index contributed by atoms with van der Waals surface area (Å²) in [4.78, 5) is 52.4. The zero-order valence-corrected chi connectivity index (χ0v) is 31.1. The molecule has 4 rings (SSSR count). The smallest absolute Gasteiger partial charge is 0.423 e. The Morgan fingerprint density at radius 3 is 1.14 bits per heavy atom. The number of halogens is 6. The maximum Gasteiger partial charge on any atom is 0.423 e. The van der Waals surface area contributed by atoms with Crippen molar-refractivity contribution in [1.82, 2.24) is 0 Å². The van der Waals surface area contributed by atoms with Crippen LogP contribution >= 0.6 is 69.6 Å². The van der Waals surface area contributed by atoms with Gasteiger partial charge in [0, 0.05) is 0 Å². The van der Waals surface area contributed by atoms with E-state index in [9.17, 15) is 19.2 Å². The summed E-state index contributed by atoms with van der Waals surface area (Å²) in [6.45, 7) is 3.79. The number of carbonyl (C=O) groups excluding carboxylic acids is 4. The molecule has 0 aromatic heterocycles. The van der Waals surface area contributed by atoms with Crippen LogP contribution in [0.1, 0.15) is 69.7 Å². The topological polar surface area (TPSA) is 105 Å². The molecule has 8 nitrogen and oxygen atoms in total. The van der Waals surface area contributed by atoms with Gasteiger partial charge in [0.05, 0.1) is 30.1 Å². The Labute approximate surface area is 318 Å². The zero-order chi connectivity index (χ0) is 36.5. The molecule has 0 aliphatic heterocycles. The summed E-state index contributed by atoms with van der Waals surface area (Å²) in [5.41, 5.74) is 2.53. The molecule has 0 aliphatic carbocycles. The van der Waals surface area contributed by atoms with Crippen LogP contribution in [0.2, 0.25) is 30.1 Å². The molecular weight excluding hydrogens is 773 g/mol. The van der Waals surface area contributed by atoms with Gasteiger partial charge in [-0.3, -0.25) is 0 Å². The molecule has 0 atom stereocenters. The van der Waals surface area contributed by atoms with Crippen molar-refractivity contribution in [3.63, 3.8) is 0 Å². The monoisotopic (exact) mass is 798 g/mol. The Morgan fingerprint density at radius 2 is 0.820 bits per heavy atom. The molecular formula is C36H28Cl6O8. The Hall–Kier alpha value is -3.50. The third-order valence-corrected chi connectivity index (χ3v) is 9.22. The molecule has 0 aliphatic rings. The Kier molecular flexibility index (Phi) is 14.2. The van der Waals surface area contributed by atoms with Gasteiger partial charge < -0.3 is 18.9 Å². The van der Waals surface area contributed by atoms with Gasteiger partial charge in [-0.15, -0.1) is 0 Å². The van der Waals surface area contributed by atoms with Crippen LogP contribution in [0.5, 0.6) is 11.5 Å². The average molecular weight is 801 g/mol. The second-order valence-electron chi connectivity index (χ2n) is 10.8. The van der Waals surface area contributed by atoms with E-state index in [-0.39, 0.29) is 43.3 Å². The van der Waals surface area contributed by atoms with Crippen molar-refractivity contribution in [1.29, 1.82) is 0 Å². The number of hydrogen-bond acceptors (Lipinski definition) is 8. The second-order valence-corrected chi connectivity index (χ2v) is 13.2. The summed E-state index contributed by atoms with van der Waals surface area (Å²) >= 11 is 37.4. The van der Waals surface area contributed by atoms with Crippen molar-refractivity contribution in [2.45, 2.75) is 52.7 Å². The number of benzene rings is 4. The normalized spacial score (nSPS) is 10.8. The molecule has 0 bridgehead atoms. The summed E-state index contributed by atoms with van der Waals surface area (Å²) in [6, 6.07) is 17.0. The molecule has 4 aromatic rings. The largest absolute Gasteiger partial charge is 0.457 e. The molecule has 0 fully saturated rings. The first-order valence-corrected chi connectivity index (χ1v) is 17.4. The van der Waals surface area contributed by atoms with Crippen molar-refractivity contribution < 1.29 is 38.1 Å². The fourth-order valence-corrected chi connectivity index (χ4v) is 6.05. The SMILES string of the molecule is CCCc1ccc(COC(=O)c2c(Cl)c(Cl)cc(Cl)c2OC(=O)C(=O)Oc2c(Cl)cc(Cl)c(Cl)c2C(=O)OCc2ccc(CCC)cc2)cc1. The summed E-state index contributed by atoms with van der Waals surface area (Å²) < 4.78 is 21.1. The highest BCUT2D eigenvalue weighted by Gasteiger charge is 2.32. The lowest BCUT2D eigenvalue weighted by molar-refractivity contribution is -0.156. The minimum atomic E-state index is -1.68. The number of esters is 4. The molecule has 0 N–H and O–H groups in total. The van der Waals surface area contributed by atoms with Gasteiger partial charge in [0.2, 0.25) is 0 Å². The van der Waals surface area contributed by atoms with Crippen molar-refractivity contribution >= 4 is 93.5 Å². The molecule has 0 unspecified atom stereocenters. The summed E-state index contributed by atoms with van der Waals surface area (Å²) in [5, 5.41) is -1.72. The molecule has 0 saturated carbocycles. The summed E-state index contributed by atoms with van der Waals surface area (Å²) in [5.74, 6) is -6.72. The molecule has 4 aromatic carbocycles. The fourth-order valence-electron chi connectivity index (χ4n) is 4.61. The van der Waals surface area contributed by atoms with E-state index in [1.165, 1.54) is 0 Å². The van der Waals surface area contributed by atoms with Crippen molar-refractivity contribution in [2.24, 2.45) is 0 Å².